The van der Waals surface area contributed by atoms with Crippen LogP contribution in [0.1, 0.15) is 92.7 Å². The number of nitrogens with zero attached hydrogens (tertiary/aromatic N) is 5. The van der Waals surface area contributed by atoms with Crippen molar-refractivity contribution in [2.45, 2.75) is 176 Å². The van der Waals surface area contributed by atoms with Gasteiger partial charge in [-0.3, -0.25) is 76.7 Å². The number of aromatic hydroxyl groups is 2. The van der Waals surface area contributed by atoms with Gasteiger partial charge < -0.3 is 107 Å². The van der Waals surface area contributed by atoms with Crippen LogP contribution in [-0.2, 0) is 129 Å². The van der Waals surface area contributed by atoms with E-state index in [9.17, 15) is 48.2 Å². The number of carbonyl (C=O) groups is 16. The maximum Gasteiger partial charge on any atom is 0.293 e. The quantitative estimate of drug-likeness (QED) is 0.0286. The molecule has 3 fully saturated rings. The second kappa shape index (κ2) is 50.6. The van der Waals surface area contributed by atoms with Crippen LogP contribution in [0.2, 0.25) is 0 Å². The Balaban J connectivity index is 1.06. The van der Waals surface area contributed by atoms with Crippen LogP contribution in [0.25, 0.3) is 10.9 Å². The number of morpholine rings is 1. The summed E-state index contributed by atoms with van der Waals surface area (Å²) in [5, 5.41) is 45.3. The Morgan fingerprint density at radius 1 is 0.547 bits per heavy atom. The van der Waals surface area contributed by atoms with Crippen LogP contribution < -0.4 is 53.6 Å². The van der Waals surface area contributed by atoms with Crippen LogP contribution in [0.15, 0.2) is 152 Å². The number of ether oxygens (including phenoxy) is 3. The molecule has 6 aromatic carbocycles. The minimum absolute atomic E-state index is 0.00823. The summed E-state index contributed by atoms with van der Waals surface area (Å²) in [6, 6.07) is 14.9. The van der Waals surface area contributed by atoms with E-state index < -0.39 is 228 Å². The first-order valence-corrected chi connectivity index (χ1v) is 46.1. The van der Waals surface area contributed by atoms with Gasteiger partial charge in [-0.15, -0.1) is 11.8 Å². The molecule has 3 aliphatic rings. The van der Waals surface area contributed by atoms with Crippen LogP contribution in [0.3, 0.4) is 0 Å². The number of phenols is 2. The summed E-state index contributed by atoms with van der Waals surface area (Å²) < 4.78 is 61.6. The van der Waals surface area contributed by atoms with E-state index in [1.807, 2.05) is 6.92 Å². The largest absolute Gasteiger partial charge is 0.508 e. The number of fused-ring (bicyclic) bond motifs is 3. The van der Waals surface area contributed by atoms with Gasteiger partial charge >= 0.3 is 0 Å². The number of rotatable bonds is 25. The molecule has 1 aromatic heterocycles. The van der Waals surface area contributed by atoms with Crippen LogP contribution >= 0.6 is 11.8 Å². The van der Waals surface area contributed by atoms with E-state index in [0.29, 0.717) is 75.5 Å². The molecule has 0 saturated carbocycles. The molecule has 0 radical (unpaired) electrons. The number of hydrogen-bond acceptors (Lipinski definition) is 22. The molecule has 13 atom stereocenters. The minimum Gasteiger partial charge on any atom is -0.508 e. The third-order valence-electron chi connectivity index (χ3n) is 24.1. The number of aromatic nitrogens is 1. The number of nitrogens with two attached hydrogens (primary N) is 1. The van der Waals surface area contributed by atoms with Gasteiger partial charge in [0.05, 0.1) is 25.5 Å². The number of unbranched alkanes of at least 4 members (excludes halogenated alkanes) is 1. The Hall–Kier alpha value is -14.0. The predicted octanol–water partition coefficient (Wildman–Crippen LogP) is 1.73. The minimum atomic E-state index is -1.88. The fraction of sp³-hybridized carbons (Fsp3) is 0.438. The van der Waals surface area contributed by atoms with Crippen molar-refractivity contribution < 1.29 is 114 Å². The molecule has 10 rings (SSSR count). The molecular formula is C96H117F3N16O21S. The summed E-state index contributed by atoms with van der Waals surface area (Å²) >= 11 is 0.657. The van der Waals surface area contributed by atoms with Gasteiger partial charge in [-0.1, -0.05) is 137 Å². The Kier molecular flexibility index (Phi) is 38.8. The summed E-state index contributed by atoms with van der Waals surface area (Å²) in [6.07, 6.45) is -0.117. The zero-order valence-electron chi connectivity index (χ0n) is 76.9. The molecule has 0 aliphatic carbocycles. The number of likely N-dealkylation sites (N-methyl/N-ethyl adjacent to an activating group) is 3. The molecule has 4 heterocycles. The van der Waals surface area contributed by atoms with Gasteiger partial charge in [-0.05, 0) is 107 Å². The van der Waals surface area contributed by atoms with Crippen molar-refractivity contribution in [2.24, 2.45) is 11.7 Å². The smallest absolute Gasteiger partial charge is 0.293 e. The van der Waals surface area contributed by atoms with Crippen molar-refractivity contribution in [3.05, 3.63) is 203 Å². The number of hydrogen-bond donors (Lipinski definition) is 13. The van der Waals surface area contributed by atoms with Crippen molar-refractivity contribution in [1.29, 1.82) is 0 Å². The molecular weight excluding hydrogens is 1800 g/mol. The summed E-state index contributed by atoms with van der Waals surface area (Å²) in [5.41, 5.74) is 7.85. The highest BCUT2D eigenvalue weighted by Gasteiger charge is 2.46. The number of benzene rings is 6. The SMILES string of the molecule is CCCC[C@H]1C(=O)N2CCC[C@@H]2C(=O)N[C@@H](COC=O)C(=O)N[C@@H](C(C)C)C(=O)N(C)[C@@H](Cc2ccccc2)C(=O)N[C@@H](Cc2ccc(O)cc2)C(=O)N2CCOC[C@@H]2C(=O)N[C@@H](Cc2c[nH]c3ccccc23)C(=O)N[C@@H](Cc2ccc(O)cc2)C(=O)N[C@@H](CCOC)C(=O)N[C@H](C(=O)NCC(N)=O)CSCC(=O)N[C@@H](Cc2cc(F)c(F)c(F)c2)C(=O)N(C)[C@@H](Cc2ccccc2)C(=O)N1C. The average Bonchev–Trinajstić information content (AvgIpc) is 1.78. The number of amides is 15. The van der Waals surface area contributed by atoms with Gasteiger partial charge in [0.2, 0.25) is 88.6 Å². The number of phenolic OH excluding ortho intramolecular Hbond substituents is 2. The number of carbonyl (C=O) groups excluding carboxylic acids is 16. The summed E-state index contributed by atoms with van der Waals surface area (Å²) in [7, 11) is 5.08. The zero-order chi connectivity index (χ0) is 99.3. The topological polar surface area (TPSA) is 508 Å². The molecule has 734 valence electrons. The zero-order valence-corrected chi connectivity index (χ0v) is 77.8. The first-order chi connectivity index (χ1) is 65.6. The molecule has 3 aliphatic heterocycles. The monoisotopic (exact) mass is 1920 g/mol. The Morgan fingerprint density at radius 3 is 1.68 bits per heavy atom. The second-order valence-electron chi connectivity index (χ2n) is 34.2. The van der Waals surface area contributed by atoms with Crippen molar-refractivity contribution in [1.82, 2.24) is 77.3 Å². The molecule has 0 spiro atoms. The normalized spacial score (nSPS) is 23.2. The molecule has 0 unspecified atom stereocenters. The maximum atomic E-state index is 15.9. The van der Waals surface area contributed by atoms with Gasteiger partial charge in [0.15, 0.2) is 17.5 Å². The molecule has 15 amide bonds. The number of nitrogens with one attached hydrogen (secondary N) is 10. The van der Waals surface area contributed by atoms with E-state index >= 15 is 51.9 Å². The van der Waals surface area contributed by atoms with E-state index in [1.54, 1.807) is 105 Å². The first-order valence-electron chi connectivity index (χ1n) is 45.0. The van der Waals surface area contributed by atoms with Crippen LogP contribution in [0.4, 0.5) is 13.2 Å². The molecule has 137 heavy (non-hydrogen) atoms. The fourth-order valence-electron chi connectivity index (χ4n) is 16.5. The fourth-order valence-corrected chi connectivity index (χ4v) is 17.4. The summed E-state index contributed by atoms with van der Waals surface area (Å²) in [5.74, 6) is -22.2. The lowest BCUT2D eigenvalue weighted by Gasteiger charge is -2.38. The van der Waals surface area contributed by atoms with Crippen LogP contribution in [0, 0.1) is 23.4 Å². The number of thioether (sulfide) groups is 1. The van der Waals surface area contributed by atoms with Crippen molar-refractivity contribution >= 4 is 118 Å². The number of halogens is 3. The number of primary amides is 1. The first kappa shape index (κ1) is 105. The number of para-hydroxylation sites is 1. The van der Waals surface area contributed by atoms with Gasteiger partial charge in [0.25, 0.3) is 6.47 Å². The van der Waals surface area contributed by atoms with E-state index in [2.05, 4.69) is 52.8 Å². The predicted molar refractivity (Wildman–Crippen MR) is 495 cm³/mol. The highest BCUT2D eigenvalue weighted by Crippen LogP contribution is 2.28. The van der Waals surface area contributed by atoms with Gasteiger partial charge in [-0.25, -0.2) is 13.2 Å². The van der Waals surface area contributed by atoms with E-state index in [-0.39, 0.29) is 108 Å². The average molecular weight is 1920 g/mol. The lowest BCUT2D eigenvalue weighted by atomic mass is 9.98. The Morgan fingerprint density at radius 2 is 1.07 bits per heavy atom. The Labute approximate surface area is 793 Å². The number of methoxy groups -OCH3 is 1. The van der Waals surface area contributed by atoms with Crippen molar-refractivity contribution in [3.8, 4) is 11.5 Å². The van der Waals surface area contributed by atoms with Crippen molar-refractivity contribution in [3.63, 3.8) is 0 Å². The molecule has 7 aromatic rings. The highest BCUT2D eigenvalue weighted by atomic mass is 32.2. The summed E-state index contributed by atoms with van der Waals surface area (Å²) in [6.45, 7) is 2.09. The lowest BCUT2D eigenvalue weighted by Crippen LogP contribution is -2.64. The number of aromatic amines is 1. The molecule has 3 saturated heterocycles. The van der Waals surface area contributed by atoms with Gasteiger partial charge in [0, 0.05) is 109 Å². The van der Waals surface area contributed by atoms with Gasteiger partial charge in [0.1, 0.15) is 96.6 Å². The standard InChI is InChI=1S/C96H117F3N16O21S/c1-8-9-25-76-95(132)114-36-18-26-75(114)89(126)108-73(50-136-54-116)88(125)110-83(55(2)3)96(133)112(5)77(45-56-19-12-10-13-20-56)90(127)107-72(43-59-29-33-63(118)34-30-59)93(130)115-37-39-135-51-79(115)91(128)106-70(47-61-48-101-67-24-17-16-23-64(61)67)87(124)105-69(42-58-27-31-62(117)32-28-58)86(123)104-68(35-38-134-7)85(122)109-74(84(121)102-49-80(100)119)52-137-53-81(120)103-71(44-60-40-65(97)82(99)66(98)41-60)92(129)113(6)78(94(131)111(76)4)46-57-21-14-11-15-22-57/h10-17,19-24,27-34,40-41,48,54-55,68-79,83,101,117-118H,8-9,18,25-26,35-39,42-47,49-53H2,1-7H3,(H2,100,119)(H,102,121)(H,103,120)(H,104,123)(H,105,124)(H,106,128)(H,107,127)(H,108,126)(H,109,122)(H,110,125)/t68-,69-,70-,71-,72-,73-,74-,75+,76-,77-,78-,79+,83-/m0/s1. The lowest BCUT2D eigenvalue weighted by molar-refractivity contribution is -0.152. The molecule has 0 bridgehead atoms. The summed E-state index contributed by atoms with van der Waals surface area (Å²) in [4.78, 5) is 247. The highest BCUT2D eigenvalue weighted by molar-refractivity contribution is 8.00. The van der Waals surface area contributed by atoms with E-state index in [4.69, 9.17) is 19.9 Å². The second-order valence-corrected chi connectivity index (χ2v) is 35.3. The van der Waals surface area contributed by atoms with Crippen LogP contribution in [0.5, 0.6) is 11.5 Å². The van der Waals surface area contributed by atoms with Crippen molar-refractivity contribution in [2.75, 3.05) is 85.8 Å². The van der Waals surface area contributed by atoms with E-state index in [0.717, 1.165) is 19.6 Å². The molecule has 37 nitrogen and oxygen atoms in total. The maximum absolute atomic E-state index is 15.9. The van der Waals surface area contributed by atoms with Gasteiger partial charge in [-0.2, -0.15) is 0 Å². The number of H-pyrrole nitrogens is 1. The van der Waals surface area contributed by atoms with Crippen LogP contribution in [-0.4, -0.2) is 299 Å². The third kappa shape index (κ3) is 29.0. The molecule has 41 heteroatoms. The molecule has 14 N–H and O–H groups in total. The van der Waals surface area contributed by atoms with E-state index in [1.165, 1.54) is 81.7 Å². The Bertz CT molecular complexity index is 5420. The third-order valence-corrected chi connectivity index (χ3v) is 25.2.